The van der Waals surface area contributed by atoms with Crippen LogP contribution in [0.3, 0.4) is 0 Å². The maximum absolute atomic E-state index is 13.2. The van der Waals surface area contributed by atoms with Crippen LogP contribution in [0.15, 0.2) is 23.1 Å². The predicted octanol–water partition coefficient (Wildman–Crippen LogP) is 2.36. The summed E-state index contributed by atoms with van der Waals surface area (Å²) in [5, 5.41) is 0. The van der Waals surface area contributed by atoms with Gasteiger partial charge in [0.15, 0.2) is 0 Å². The summed E-state index contributed by atoms with van der Waals surface area (Å²) < 4.78 is 33.5. The number of sulfonamides is 1. The van der Waals surface area contributed by atoms with Crippen molar-refractivity contribution in [1.82, 2.24) is 9.21 Å². The van der Waals surface area contributed by atoms with Crippen LogP contribution in [0.5, 0.6) is 0 Å². The van der Waals surface area contributed by atoms with Gasteiger partial charge in [-0.05, 0) is 68.2 Å². The summed E-state index contributed by atoms with van der Waals surface area (Å²) in [4.78, 5) is 14.7. The van der Waals surface area contributed by atoms with Gasteiger partial charge in [0, 0.05) is 45.3 Å². The van der Waals surface area contributed by atoms with Crippen molar-refractivity contribution in [2.24, 2.45) is 0 Å². The van der Waals surface area contributed by atoms with E-state index in [1.54, 1.807) is 17.3 Å². The number of nitrogens with zero attached hydrogens (tertiary/aromatic N) is 2. The van der Waals surface area contributed by atoms with E-state index in [1.165, 1.54) is 17.5 Å². The molecule has 0 bridgehead atoms. The van der Waals surface area contributed by atoms with Crippen LogP contribution in [0.2, 0.25) is 0 Å². The summed E-state index contributed by atoms with van der Waals surface area (Å²) in [6, 6.07) is 5.72. The first-order valence-corrected chi connectivity index (χ1v) is 11.9. The lowest BCUT2D eigenvalue weighted by Gasteiger charge is -2.37. The highest BCUT2D eigenvalue weighted by molar-refractivity contribution is 7.89. The van der Waals surface area contributed by atoms with Crippen LogP contribution < -0.4 is 0 Å². The molecule has 0 aromatic heterocycles. The SMILES string of the molecule is CC(=O)N(C1CCOCC1)C1CCN(S(=O)(=O)c2ccc3c(c2)CCCC3)C1. The molecule has 1 aromatic carbocycles. The van der Waals surface area contributed by atoms with E-state index in [0.29, 0.717) is 37.6 Å². The Labute approximate surface area is 167 Å². The Balaban J connectivity index is 1.51. The van der Waals surface area contributed by atoms with Gasteiger partial charge in [-0.1, -0.05) is 6.07 Å². The molecule has 1 atom stereocenters. The number of hydrogen-bond acceptors (Lipinski definition) is 4. The lowest BCUT2D eigenvalue weighted by molar-refractivity contribution is -0.135. The molecule has 0 N–H and O–H groups in total. The standard InChI is InChI=1S/C21H30N2O4S/c1-16(24)23(19-9-12-27-13-10-19)20-8-11-22(15-20)28(25,26)21-7-6-17-4-2-3-5-18(17)14-21/h6-7,14,19-20H,2-5,8-13,15H2,1H3. The van der Waals surface area contributed by atoms with Crippen LogP contribution in [0.1, 0.15) is 50.2 Å². The molecule has 1 unspecified atom stereocenters. The number of fused-ring (bicyclic) bond motifs is 1. The molecule has 154 valence electrons. The molecule has 2 heterocycles. The number of rotatable bonds is 4. The maximum Gasteiger partial charge on any atom is 0.243 e. The summed E-state index contributed by atoms with van der Waals surface area (Å²) in [6.07, 6.45) is 6.66. The third kappa shape index (κ3) is 3.84. The van der Waals surface area contributed by atoms with Crippen molar-refractivity contribution >= 4 is 15.9 Å². The first kappa shape index (κ1) is 19.9. The molecule has 0 spiro atoms. The highest BCUT2D eigenvalue weighted by Crippen LogP contribution is 2.30. The molecule has 1 aromatic rings. The van der Waals surface area contributed by atoms with Crippen LogP contribution in [-0.4, -0.2) is 61.9 Å². The van der Waals surface area contributed by atoms with Crippen LogP contribution in [0, 0.1) is 0 Å². The van der Waals surface area contributed by atoms with E-state index in [9.17, 15) is 13.2 Å². The van der Waals surface area contributed by atoms with Crippen molar-refractivity contribution in [3.8, 4) is 0 Å². The van der Waals surface area contributed by atoms with Gasteiger partial charge < -0.3 is 9.64 Å². The van der Waals surface area contributed by atoms with Crippen LogP contribution in [-0.2, 0) is 32.4 Å². The number of aryl methyl sites for hydroxylation is 2. The fourth-order valence-corrected chi connectivity index (χ4v) is 6.49. The highest BCUT2D eigenvalue weighted by atomic mass is 32.2. The number of carbonyl (C=O) groups excluding carboxylic acids is 1. The maximum atomic E-state index is 13.2. The Morgan fingerprint density at radius 3 is 2.50 bits per heavy atom. The lowest BCUT2D eigenvalue weighted by Crippen LogP contribution is -2.49. The zero-order chi connectivity index (χ0) is 19.7. The molecule has 2 aliphatic heterocycles. The van der Waals surface area contributed by atoms with Crippen molar-refractivity contribution < 1.29 is 17.9 Å². The number of hydrogen-bond donors (Lipinski definition) is 0. The van der Waals surface area contributed by atoms with Crippen molar-refractivity contribution in [2.75, 3.05) is 26.3 Å². The van der Waals surface area contributed by atoms with E-state index >= 15 is 0 Å². The number of ether oxygens (including phenoxy) is 1. The molecule has 3 aliphatic rings. The fraction of sp³-hybridized carbons (Fsp3) is 0.667. The smallest absolute Gasteiger partial charge is 0.243 e. The average Bonchev–Trinajstić information content (AvgIpc) is 3.18. The van der Waals surface area contributed by atoms with Gasteiger partial charge in [-0.25, -0.2) is 8.42 Å². The van der Waals surface area contributed by atoms with E-state index in [-0.39, 0.29) is 18.0 Å². The van der Waals surface area contributed by atoms with Crippen molar-refractivity contribution in [3.63, 3.8) is 0 Å². The van der Waals surface area contributed by atoms with Gasteiger partial charge in [-0.2, -0.15) is 4.31 Å². The number of benzene rings is 1. The van der Waals surface area contributed by atoms with Gasteiger partial charge in [-0.3, -0.25) is 4.79 Å². The first-order chi connectivity index (χ1) is 13.5. The van der Waals surface area contributed by atoms with E-state index in [4.69, 9.17) is 4.74 Å². The van der Waals surface area contributed by atoms with E-state index in [1.807, 2.05) is 17.0 Å². The number of amides is 1. The van der Waals surface area contributed by atoms with Gasteiger partial charge in [0.1, 0.15) is 0 Å². The second-order valence-electron chi connectivity index (χ2n) is 8.21. The predicted molar refractivity (Wildman–Crippen MR) is 107 cm³/mol. The summed E-state index contributed by atoms with van der Waals surface area (Å²) >= 11 is 0. The lowest BCUT2D eigenvalue weighted by atomic mass is 9.92. The minimum atomic E-state index is -3.52. The monoisotopic (exact) mass is 406 g/mol. The number of carbonyl (C=O) groups is 1. The average molecular weight is 407 g/mol. The minimum absolute atomic E-state index is 0.0323. The van der Waals surface area contributed by atoms with Gasteiger partial charge in [0.25, 0.3) is 0 Å². The summed E-state index contributed by atoms with van der Waals surface area (Å²) in [6.45, 7) is 3.78. The highest BCUT2D eigenvalue weighted by Gasteiger charge is 2.39. The van der Waals surface area contributed by atoms with Crippen molar-refractivity contribution in [3.05, 3.63) is 29.3 Å². The third-order valence-electron chi connectivity index (χ3n) is 6.43. The Morgan fingerprint density at radius 1 is 1.07 bits per heavy atom. The largest absolute Gasteiger partial charge is 0.381 e. The first-order valence-electron chi connectivity index (χ1n) is 10.5. The summed E-state index contributed by atoms with van der Waals surface area (Å²) in [7, 11) is -3.52. The molecular weight excluding hydrogens is 376 g/mol. The van der Waals surface area contributed by atoms with Crippen LogP contribution >= 0.6 is 0 Å². The fourth-order valence-electron chi connectivity index (χ4n) is 4.95. The van der Waals surface area contributed by atoms with Crippen molar-refractivity contribution in [1.29, 1.82) is 0 Å². The van der Waals surface area contributed by atoms with Gasteiger partial charge in [-0.15, -0.1) is 0 Å². The Kier molecular flexibility index (Phi) is 5.76. The van der Waals surface area contributed by atoms with Gasteiger partial charge in [0.05, 0.1) is 4.90 Å². The van der Waals surface area contributed by atoms with Crippen molar-refractivity contribution in [2.45, 2.75) is 68.8 Å². The molecule has 4 rings (SSSR count). The van der Waals surface area contributed by atoms with Gasteiger partial charge >= 0.3 is 0 Å². The van der Waals surface area contributed by atoms with Crippen LogP contribution in [0.4, 0.5) is 0 Å². The van der Waals surface area contributed by atoms with E-state index in [2.05, 4.69) is 0 Å². The molecule has 2 saturated heterocycles. The van der Waals surface area contributed by atoms with Gasteiger partial charge in [0.2, 0.25) is 15.9 Å². The quantitative estimate of drug-likeness (QED) is 0.770. The molecule has 1 amide bonds. The molecule has 7 heteroatoms. The molecule has 6 nitrogen and oxygen atoms in total. The molecule has 28 heavy (non-hydrogen) atoms. The molecule has 1 aliphatic carbocycles. The molecule has 2 fully saturated rings. The zero-order valence-corrected chi connectivity index (χ0v) is 17.4. The molecule has 0 saturated carbocycles. The molecule has 0 radical (unpaired) electrons. The molecular formula is C21H30N2O4S. The zero-order valence-electron chi connectivity index (χ0n) is 16.6. The second-order valence-corrected chi connectivity index (χ2v) is 10.2. The minimum Gasteiger partial charge on any atom is -0.381 e. The topological polar surface area (TPSA) is 66.9 Å². The second kappa shape index (κ2) is 8.13. The summed E-state index contributed by atoms with van der Waals surface area (Å²) in [5.74, 6) is 0.0323. The Morgan fingerprint density at radius 2 is 1.79 bits per heavy atom. The van der Waals surface area contributed by atoms with Crippen LogP contribution in [0.25, 0.3) is 0 Å². The normalized spacial score (nSPS) is 24.1. The van der Waals surface area contributed by atoms with E-state index in [0.717, 1.165) is 32.1 Å². The Hall–Kier alpha value is -1.44. The third-order valence-corrected chi connectivity index (χ3v) is 8.29. The van der Waals surface area contributed by atoms with E-state index < -0.39 is 10.0 Å². The summed E-state index contributed by atoms with van der Waals surface area (Å²) in [5.41, 5.74) is 2.46. The Bertz CT molecular complexity index is 833.